The maximum atomic E-state index is 11.9. The highest BCUT2D eigenvalue weighted by Gasteiger charge is 2.19. The Bertz CT molecular complexity index is 359. The minimum absolute atomic E-state index is 0.0693. The third-order valence-electron chi connectivity index (χ3n) is 2.37. The molecule has 0 bridgehead atoms. The summed E-state index contributed by atoms with van der Waals surface area (Å²) in [7, 11) is 0. The normalized spacial score (nSPS) is 16.5. The lowest BCUT2D eigenvalue weighted by molar-refractivity contribution is -0.144. The second-order valence-electron chi connectivity index (χ2n) is 3.63. The summed E-state index contributed by atoms with van der Waals surface area (Å²) in [6.07, 6.45) is 3.68. The molecule has 0 unspecified atom stereocenters. The number of hydroxylamine groups is 2. The summed E-state index contributed by atoms with van der Waals surface area (Å²) >= 11 is 0. The van der Waals surface area contributed by atoms with Crippen molar-refractivity contribution in [3.8, 4) is 0 Å². The van der Waals surface area contributed by atoms with Gasteiger partial charge in [-0.3, -0.25) is 14.6 Å². The van der Waals surface area contributed by atoms with Gasteiger partial charge in [0, 0.05) is 24.0 Å². The van der Waals surface area contributed by atoms with Gasteiger partial charge in [-0.15, -0.1) is 0 Å². The molecule has 1 aliphatic rings. The van der Waals surface area contributed by atoms with Crippen molar-refractivity contribution in [3.05, 3.63) is 29.6 Å². The van der Waals surface area contributed by atoms with E-state index in [1.165, 1.54) is 5.06 Å². The fourth-order valence-electron chi connectivity index (χ4n) is 1.58. The molecule has 4 heteroatoms. The highest BCUT2D eigenvalue weighted by molar-refractivity contribution is 5.93. The monoisotopic (exact) mass is 206 g/mol. The summed E-state index contributed by atoms with van der Waals surface area (Å²) in [6, 6.07) is 3.49. The summed E-state index contributed by atoms with van der Waals surface area (Å²) in [5, 5.41) is 1.44. The number of aryl methyl sites for hydroxylation is 1. The van der Waals surface area contributed by atoms with Gasteiger partial charge >= 0.3 is 0 Å². The Kier molecular flexibility index (Phi) is 2.97. The molecule has 1 aromatic rings. The standard InChI is InChI=1S/C11H14N2O2/c1-9-8-10(4-5-12-9)11(14)13-6-2-3-7-15-13/h4-5,8H,2-3,6-7H2,1H3. The zero-order valence-electron chi connectivity index (χ0n) is 8.77. The van der Waals surface area contributed by atoms with Gasteiger partial charge in [-0.2, -0.15) is 0 Å². The van der Waals surface area contributed by atoms with Crippen LogP contribution in [-0.2, 0) is 4.84 Å². The maximum Gasteiger partial charge on any atom is 0.277 e. The van der Waals surface area contributed by atoms with Crippen molar-refractivity contribution < 1.29 is 9.63 Å². The third-order valence-corrected chi connectivity index (χ3v) is 2.37. The average Bonchev–Trinajstić information content (AvgIpc) is 2.29. The van der Waals surface area contributed by atoms with E-state index >= 15 is 0 Å². The van der Waals surface area contributed by atoms with Crippen LogP contribution in [0.15, 0.2) is 18.3 Å². The molecule has 0 saturated carbocycles. The Hall–Kier alpha value is -1.42. The van der Waals surface area contributed by atoms with E-state index in [2.05, 4.69) is 4.98 Å². The molecule has 1 fully saturated rings. The fourth-order valence-corrected chi connectivity index (χ4v) is 1.58. The van der Waals surface area contributed by atoms with E-state index in [4.69, 9.17) is 4.84 Å². The van der Waals surface area contributed by atoms with E-state index in [0.717, 1.165) is 18.5 Å². The van der Waals surface area contributed by atoms with Crippen molar-refractivity contribution in [2.24, 2.45) is 0 Å². The molecule has 0 atom stereocenters. The number of hydrogen-bond acceptors (Lipinski definition) is 3. The van der Waals surface area contributed by atoms with Crippen LogP contribution in [0.2, 0.25) is 0 Å². The molecule has 0 aliphatic carbocycles. The summed E-state index contributed by atoms with van der Waals surface area (Å²) in [4.78, 5) is 21.3. The van der Waals surface area contributed by atoms with E-state index < -0.39 is 0 Å². The van der Waals surface area contributed by atoms with Crippen molar-refractivity contribution in [2.75, 3.05) is 13.2 Å². The SMILES string of the molecule is Cc1cc(C(=O)N2CCCCO2)ccn1. The van der Waals surface area contributed by atoms with Crippen LogP contribution >= 0.6 is 0 Å². The van der Waals surface area contributed by atoms with Crippen LogP contribution in [0.1, 0.15) is 28.9 Å². The molecule has 0 N–H and O–H groups in total. The maximum absolute atomic E-state index is 11.9. The highest BCUT2D eigenvalue weighted by Crippen LogP contribution is 2.11. The van der Waals surface area contributed by atoms with Crippen LogP contribution in [-0.4, -0.2) is 29.1 Å². The summed E-state index contributed by atoms with van der Waals surface area (Å²) in [5.74, 6) is -0.0693. The van der Waals surface area contributed by atoms with Gasteiger partial charge in [-0.05, 0) is 31.9 Å². The molecule has 2 heterocycles. The molecule has 1 aliphatic heterocycles. The summed E-state index contributed by atoms with van der Waals surface area (Å²) in [5.41, 5.74) is 1.49. The molecule has 1 amide bonds. The van der Waals surface area contributed by atoms with Crippen LogP contribution < -0.4 is 0 Å². The average molecular weight is 206 g/mol. The molecule has 4 nitrogen and oxygen atoms in total. The second-order valence-corrected chi connectivity index (χ2v) is 3.63. The molecule has 1 aromatic heterocycles. The van der Waals surface area contributed by atoms with E-state index in [0.29, 0.717) is 18.7 Å². The van der Waals surface area contributed by atoms with Crippen molar-refractivity contribution in [2.45, 2.75) is 19.8 Å². The van der Waals surface area contributed by atoms with Crippen LogP contribution in [0.25, 0.3) is 0 Å². The smallest absolute Gasteiger partial charge is 0.271 e. The van der Waals surface area contributed by atoms with E-state index in [1.807, 2.05) is 6.92 Å². The third kappa shape index (κ3) is 2.33. The summed E-state index contributed by atoms with van der Waals surface area (Å²) < 4.78 is 0. The minimum Gasteiger partial charge on any atom is -0.271 e. The first-order valence-electron chi connectivity index (χ1n) is 5.15. The minimum atomic E-state index is -0.0693. The molecule has 0 radical (unpaired) electrons. The predicted molar refractivity (Wildman–Crippen MR) is 55.2 cm³/mol. The van der Waals surface area contributed by atoms with Gasteiger partial charge in [-0.1, -0.05) is 0 Å². The van der Waals surface area contributed by atoms with Gasteiger partial charge < -0.3 is 0 Å². The van der Waals surface area contributed by atoms with Crippen LogP contribution in [0, 0.1) is 6.92 Å². The van der Waals surface area contributed by atoms with Crippen molar-refractivity contribution in [1.29, 1.82) is 0 Å². The Morgan fingerprint density at radius 1 is 1.53 bits per heavy atom. The highest BCUT2D eigenvalue weighted by atomic mass is 16.7. The van der Waals surface area contributed by atoms with Crippen LogP contribution in [0.3, 0.4) is 0 Å². The number of nitrogens with zero attached hydrogens (tertiary/aromatic N) is 2. The van der Waals surface area contributed by atoms with Crippen molar-refractivity contribution in [1.82, 2.24) is 10.0 Å². The van der Waals surface area contributed by atoms with Crippen molar-refractivity contribution in [3.63, 3.8) is 0 Å². The van der Waals surface area contributed by atoms with Crippen molar-refractivity contribution >= 4 is 5.91 Å². The number of amides is 1. The zero-order valence-corrected chi connectivity index (χ0v) is 8.77. The fraction of sp³-hybridized carbons (Fsp3) is 0.455. The van der Waals surface area contributed by atoms with Crippen LogP contribution in [0.5, 0.6) is 0 Å². The first-order chi connectivity index (χ1) is 7.27. The first kappa shape index (κ1) is 10.1. The molecule has 1 saturated heterocycles. The molecular weight excluding hydrogens is 192 g/mol. The number of carbonyl (C=O) groups excluding carboxylic acids is 1. The molecular formula is C11H14N2O2. The molecule has 2 rings (SSSR count). The molecule has 0 aromatic carbocycles. The topological polar surface area (TPSA) is 42.4 Å². The lowest BCUT2D eigenvalue weighted by Gasteiger charge is -2.25. The number of aromatic nitrogens is 1. The number of rotatable bonds is 1. The molecule has 15 heavy (non-hydrogen) atoms. The van der Waals surface area contributed by atoms with E-state index in [9.17, 15) is 4.79 Å². The Labute approximate surface area is 88.8 Å². The lowest BCUT2D eigenvalue weighted by atomic mass is 10.2. The van der Waals surface area contributed by atoms with Gasteiger partial charge in [-0.25, -0.2) is 5.06 Å². The van der Waals surface area contributed by atoms with E-state index in [1.54, 1.807) is 18.3 Å². The largest absolute Gasteiger partial charge is 0.277 e. The molecule has 0 spiro atoms. The quantitative estimate of drug-likeness (QED) is 0.700. The lowest BCUT2D eigenvalue weighted by Crippen LogP contribution is -2.35. The van der Waals surface area contributed by atoms with Gasteiger partial charge in [0.05, 0.1) is 6.61 Å². The number of hydrogen-bond donors (Lipinski definition) is 0. The molecule has 80 valence electrons. The number of carbonyl (C=O) groups is 1. The number of pyridine rings is 1. The first-order valence-corrected chi connectivity index (χ1v) is 5.15. The predicted octanol–water partition coefficient (Wildman–Crippen LogP) is 1.56. The van der Waals surface area contributed by atoms with Gasteiger partial charge in [0.2, 0.25) is 0 Å². The second kappa shape index (κ2) is 4.40. The summed E-state index contributed by atoms with van der Waals surface area (Å²) in [6.45, 7) is 3.18. The zero-order chi connectivity index (χ0) is 10.7. The Morgan fingerprint density at radius 3 is 3.07 bits per heavy atom. The van der Waals surface area contributed by atoms with Gasteiger partial charge in [0.1, 0.15) is 0 Å². The van der Waals surface area contributed by atoms with E-state index in [-0.39, 0.29) is 5.91 Å². The van der Waals surface area contributed by atoms with Gasteiger partial charge in [0.25, 0.3) is 5.91 Å². The Morgan fingerprint density at radius 2 is 2.40 bits per heavy atom. The Balaban J connectivity index is 2.12. The van der Waals surface area contributed by atoms with Gasteiger partial charge in [0.15, 0.2) is 0 Å². The van der Waals surface area contributed by atoms with Crippen LogP contribution in [0.4, 0.5) is 0 Å².